The van der Waals surface area contributed by atoms with E-state index < -0.39 is 17.6 Å². The number of hydrogen-bond acceptors (Lipinski definition) is 3. The van der Waals surface area contributed by atoms with Crippen LogP contribution in [0.3, 0.4) is 0 Å². The summed E-state index contributed by atoms with van der Waals surface area (Å²) in [6.07, 6.45) is 3.37. The quantitative estimate of drug-likeness (QED) is 0.878. The predicted octanol–water partition coefficient (Wildman–Crippen LogP) is 1.30. The van der Waals surface area contributed by atoms with Crippen molar-refractivity contribution in [1.82, 2.24) is 4.90 Å². The van der Waals surface area contributed by atoms with E-state index in [1.807, 2.05) is 24.3 Å². The number of nitrogens with zero attached hydrogens (tertiary/aromatic N) is 1. The Morgan fingerprint density at radius 2 is 1.95 bits per heavy atom. The first-order valence-corrected chi connectivity index (χ1v) is 7.36. The van der Waals surface area contributed by atoms with E-state index in [1.165, 1.54) is 4.90 Å². The van der Waals surface area contributed by atoms with Crippen LogP contribution >= 0.6 is 0 Å². The van der Waals surface area contributed by atoms with Gasteiger partial charge in [-0.05, 0) is 30.4 Å². The molecule has 1 unspecified atom stereocenters. The van der Waals surface area contributed by atoms with Gasteiger partial charge < -0.3 is 15.7 Å². The maximum atomic E-state index is 12.5. The Labute approximate surface area is 123 Å². The largest absolute Gasteiger partial charge is 0.480 e. The van der Waals surface area contributed by atoms with Crippen LogP contribution in [0.25, 0.3) is 0 Å². The van der Waals surface area contributed by atoms with Crippen molar-refractivity contribution in [2.24, 2.45) is 5.73 Å². The Kier molecular flexibility index (Phi) is 3.45. The van der Waals surface area contributed by atoms with Crippen molar-refractivity contribution < 1.29 is 14.7 Å². The predicted molar refractivity (Wildman–Crippen MR) is 77.5 cm³/mol. The second kappa shape index (κ2) is 5.15. The topological polar surface area (TPSA) is 83.6 Å². The number of carbonyl (C=O) groups is 2. The van der Waals surface area contributed by atoms with Crippen LogP contribution in [-0.2, 0) is 22.6 Å². The standard InChI is InChI=1S/C16H20N2O3/c17-16(6-3-7-16)9-14(19)18-10-12-5-2-1-4-11(12)8-13(18)15(20)21/h1-2,4-5,13H,3,6-10,17H2,(H,20,21). The van der Waals surface area contributed by atoms with Gasteiger partial charge in [0.25, 0.3) is 0 Å². The zero-order valence-corrected chi connectivity index (χ0v) is 11.9. The van der Waals surface area contributed by atoms with Crippen molar-refractivity contribution >= 4 is 11.9 Å². The molecule has 0 radical (unpaired) electrons. The van der Waals surface area contributed by atoms with Crippen LogP contribution < -0.4 is 5.73 Å². The molecule has 0 spiro atoms. The van der Waals surface area contributed by atoms with Crippen molar-refractivity contribution in [2.75, 3.05) is 0 Å². The number of hydrogen-bond donors (Lipinski definition) is 2. The lowest BCUT2D eigenvalue weighted by Gasteiger charge is -2.41. The summed E-state index contributed by atoms with van der Waals surface area (Å²) in [4.78, 5) is 25.5. The van der Waals surface area contributed by atoms with Gasteiger partial charge in [0.1, 0.15) is 6.04 Å². The highest BCUT2D eigenvalue weighted by molar-refractivity contribution is 5.85. The number of rotatable bonds is 3. The van der Waals surface area contributed by atoms with Crippen LogP contribution in [0.15, 0.2) is 24.3 Å². The van der Waals surface area contributed by atoms with Crippen molar-refractivity contribution in [3.05, 3.63) is 35.4 Å². The maximum Gasteiger partial charge on any atom is 0.326 e. The fourth-order valence-electron chi connectivity index (χ4n) is 3.22. The van der Waals surface area contributed by atoms with Gasteiger partial charge in [0.05, 0.1) is 0 Å². The molecule has 112 valence electrons. The third-order valence-electron chi connectivity index (χ3n) is 4.71. The highest BCUT2D eigenvalue weighted by Gasteiger charge is 2.40. The van der Waals surface area contributed by atoms with E-state index in [0.717, 1.165) is 30.4 Å². The van der Waals surface area contributed by atoms with Crippen LogP contribution in [-0.4, -0.2) is 33.5 Å². The SMILES string of the molecule is NC1(CC(=O)N2Cc3ccccc3CC2C(=O)O)CCC1. The average Bonchev–Trinajstić information content (AvgIpc) is 2.44. The molecule has 0 aromatic heterocycles. The van der Waals surface area contributed by atoms with Gasteiger partial charge in [-0.2, -0.15) is 0 Å². The fourth-order valence-corrected chi connectivity index (χ4v) is 3.22. The summed E-state index contributed by atoms with van der Waals surface area (Å²) in [7, 11) is 0. The molecular weight excluding hydrogens is 268 g/mol. The molecule has 1 fully saturated rings. The van der Waals surface area contributed by atoms with E-state index in [1.54, 1.807) is 0 Å². The van der Waals surface area contributed by atoms with Gasteiger partial charge in [-0.15, -0.1) is 0 Å². The summed E-state index contributed by atoms with van der Waals surface area (Å²) >= 11 is 0. The van der Waals surface area contributed by atoms with E-state index in [2.05, 4.69) is 0 Å². The van der Waals surface area contributed by atoms with Gasteiger partial charge in [-0.3, -0.25) is 4.79 Å². The van der Waals surface area contributed by atoms with Crippen LogP contribution in [0.2, 0.25) is 0 Å². The van der Waals surface area contributed by atoms with Gasteiger partial charge in [0.2, 0.25) is 5.91 Å². The molecule has 0 saturated heterocycles. The number of aliphatic carboxylic acids is 1. The van der Waals surface area contributed by atoms with Gasteiger partial charge in [-0.25, -0.2) is 4.79 Å². The van der Waals surface area contributed by atoms with E-state index >= 15 is 0 Å². The summed E-state index contributed by atoms with van der Waals surface area (Å²) in [6.45, 7) is 0.363. The molecule has 1 heterocycles. The highest BCUT2D eigenvalue weighted by Crippen LogP contribution is 2.34. The molecule has 1 amide bonds. The fraction of sp³-hybridized carbons (Fsp3) is 0.500. The van der Waals surface area contributed by atoms with Gasteiger partial charge in [-0.1, -0.05) is 24.3 Å². The summed E-state index contributed by atoms with van der Waals surface area (Å²) < 4.78 is 0. The highest BCUT2D eigenvalue weighted by atomic mass is 16.4. The van der Waals surface area contributed by atoms with Gasteiger partial charge in [0.15, 0.2) is 0 Å². The Bertz CT molecular complexity index is 581. The molecule has 1 aliphatic carbocycles. The van der Waals surface area contributed by atoms with Crippen LogP contribution in [0.4, 0.5) is 0 Å². The minimum absolute atomic E-state index is 0.140. The monoisotopic (exact) mass is 288 g/mol. The van der Waals surface area contributed by atoms with E-state index in [0.29, 0.717) is 13.0 Å². The van der Waals surface area contributed by atoms with Crippen LogP contribution in [0.5, 0.6) is 0 Å². The molecule has 2 aliphatic rings. The lowest BCUT2D eigenvalue weighted by Crippen LogP contribution is -2.54. The van der Waals surface area contributed by atoms with Crippen molar-refractivity contribution in [1.29, 1.82) is 0 Å². The third-order valence-corrected chi connectivity index (χ3v) is 4.71. The molecule has 5 nitrogen and oxygen atoms in total. The Hall–Kier alpha value is -1.88. The Morgan fingerprint density at radius 3 is 2.52 bits per heavy atom. The molecule has 1 aromatic carbocycles. The van der Waals surface area contributed by atoms with Crippen molar-refractivity contribution in [3.8, 4) is 0 Å². The number of carboxylic acids is 1. The zero-order chi connectivity index (χ0) is 15.0. The molecule has 1 aliphatic heterocycles. The summed E-state index contributed by atoms with van der Waals surface area (Å²) in [5.41, 5.74) is 7.76. The molecule has 1 aromatic rings. The lowest BCUT2D eigenvalue weighted by molar-refractivity contribution is -0.152. The van der Waals surface area contributed by atoms with Crippen molar-refractivity contribution in [3.63, 3.8) is 0 Å². The van der Waals surface area contributed by atoms with Crippen LogP contribution in [0.1, 0.15) is 36.8 Å². The number of benzene rings is 1. The van der Waals surface area contributed by atoms with Gasteiger partial charge in [0, 0.05) is 24.9 Å². The second-order valence-electron chi connectivity index (χ2n) is 6.24. The first kappa shape index (κ1) is 14.1. The third kappa shape index (κ3) is 2.65. The smallest absolute Gasteiger partial charge is 0.326 e. The molecular formula is C16H20N2O3. The molecule has 21 heavy (non-hydrogen) atoms. The van der Waals surface area contributed by atoms with E-state index in [4.69, 9.17) is 5.73 Å². The molecule has 1 atom stereocenters. The minimum atomic E-state index is -0.947. The normalized spacial score (nSPS) is 23.1. The van der Waals surface area contributed by atoms with E-state index in [-0.39, 0.29) is 12.3 Å². The summed E-state index contributed by atoms with van der Waals surface area (Å²) in [5.74, 6) is -1.09. The number of amides is 1. The van der Waals surface area contributed by atoms with Crippen molar-refractivity contribution in [2.45, 2.75) is 50.2 Å². The number of fused-ring (bicyclic) bond motifs is 1. The summed E-state index contributed by atoms with van der Waals surface area (Å²) in [6, 6.07) is 6.92. The number of carboxylic acid groups (broad SMARTS) is 1. The first-order valence-electron chi connectivity index (χ1n) is 7.36. The Morgan fingerprint density at radius 1 is 1.29 bits per heavy atom. The maximum absolute atomic E-state index is 12.5. The Balaban J connectivity index is 1.82. The lowest BCUT2D eigenvalue weighted by atomic mass is 9.75. The first-order chi connectivity index (χ1) is 9.98. The number of nitrogens with two attached hydrogens (primary N) is 1. The number of carbonyl (C=O) groups excluding carboxylic acids is 1. The second-order valence-corrected chi connectivity index (χ2v) is 6.24. The van der Waals surface area contributed by atoms with Crippen LogP contribution in [0, 0.1) is 0 Å². The van der Waals surface area contributed by atoms with E-state index in [9.17, 15) is 14.7 Å². The molecule has 0 bridgehead atoms. The minimum Gasteiger partial charge on any atom is -0.480 e. The zero-order valence-electron chi connectivity index (χ0n) is 11.9. The summed E-state index contributed by atoms with van der Waals surface area (Å²) in [5, 5.41) is 9.43. The molecule has 3 rings (SSSR count). The average molecular weight is 288 g/mol. The molecule has 5 heteroatoms. The molecule has 1 saturated carbocycles. The van der Waals surface area contributed by atoms with Gasteiger partial charge >= 0.3 is 5.97 Å². The molecule has 3 N–H and O–H groups in total.